The monoisotopic (exact) mass is 516 g/mol. The summed E-state index contributed by atoms with van der Waals surface area (Å²) in [5.74, 6) is -1.40. The molecule has 2 aliphatic heterocycles. The molecule has 1 atom stereocenters. The van der Waals surface area contributed by atoms with Gasteiger partial charge in [0.25, 0.3) is 0 Å². The van der Waals surface area contributed by atoms with Gasteiger partial charge in [-0.1, -0.05) is 6.07 Å². The van der Waals surface area contributed by atoms with Crippen LogP contribution in [-0.2, 0) is 0 Å². The van der Waals surface area contributed by atoms with Crippen molar-refractivity contribution in [3.05, 3.63) is 64.3 Å². The average Bonchev–Trinajstić information content (AvgIpc) is 3.38. The molecule has 0 aliphatic carbocycles. The summed E-state index contributed by atoms with van der Waals surface area (Å²) >= 11 is 0. The molecular weight excluding hydrogens is 492 g/mol. The maximum Gasteiger partial charge on any atom is 0.434 e. The molecule has 2 N–H and O–H groups in total. The number of hydrogen-bond donors (Lipinski definition) is 2. The van der Waals surface area contributed by atoms with Crippen molar-refractivity contribution in [1.82, 2.24) is 20.5 Å². The summed E-state index contributed by atoms with van der Waals surface area (Å²) in [6.07, 6.45) is 0.914. The Hall–Kier alpha value is -4.51. The lowest BCUT2D eigenvalue weighted by molar-refractivity contribution is -0.0139. The zero-order chi connectivity index (χ0) is 26.4. The van der Waals surface area contributed by atoms with Gasteiger partial charge in [0.2, 0.25) is 5.89 Å². The Balaban J connectivity index is 1.49. The van der Waals surface area contributed by atoms with Gasteiger partial charge in [0.15, 0.2) is 11.6 Å². The van der Waals surface area contributed by atoms with Gasteiger partial charge in [0.1, 0.15) is 40.0 Å². The Morgan fingerprint density at radius 1 is 1.05 bits per heavy atom. The van der Waals surface area contributed by atoms with Gasteiger partial charge in [-0.25, -0.2) is 14.9 Å². The number of piperidine rings is 1. The summed E-state index contributed by atoms with van der Waals surface area (Å²) in [5, 5.41) is 10.0. The number of benzene rings is 2. The van der Waals surface area contributed by atoms with Gasteiger partial charge >= 0.3 is 5.76 Å². The summed E-state index contributed by atoms with van der Waals surface area (Å²) < 4.78 is 22.6. The van der Waals surface area contributed by atoms with Crippen molar-refractivity contribution in [2.24, 2.45) is 5.92 Å². The zero-order valence-corrected chi connectivity index (χ0v) is 20.7. The van der Waals surface area contributed by atoms with Crippen LogP contribution in [0.15, 0.2) is 51.7 Å². The highest BCUT2D eigenvalue weighted by Gasteiger charge is 2.54. The van der Waals surface area contributed by atoms with Crippen LogP contribution in [0, 0.1) is 5.92 Å². The quantitative estimate of drug-likeness (QED) is 0.300. The Bertz CT molecular complexity index is 1630. The van der Waals surface area contributed by atoms with Crippen LogP contribution in [0.4, 0.5) is 0 Å². The number of pyridine rings is 1. The number of nitrogens with zero attached hydrogens (tertiary/aromatic N) is 2. The first-order chi connectivity index (χ1) is 18.4. The smallest absolute Gasteiger partial charge is 0.434 e. The number of methoxy groups -OCH3 is 2. The third kappa shape index (κ3) is 3.74. The lowest BCUT2D eigenvalue weighted by atomic mass is 9.71. The van der Waals surface area contributed by atoms with Gasteiger partial charge < -0.3 is 23.9 Å². The summed E-state index contributed by atoms with van der Waals surface area (Å²) in [6, 6.07) is 11.8. The molecular formula is C27H24N4O7. The highest BCUT2D eigenvalue weighted by atomic mass is 16.5. The molecule has 1 fully saturated rings. The highest BCUT2D eigenvalue weighted by Crippen LogP contribution is 2.45. The molecule has 38 heavy (non-hydrogen) atoms. The number of H-pyrrole nitrogens is 1. The van der Waals surface area contributed by atoms with Crippen molar-refractivity contribution in [2.75, 3.05) is 27.3 Å². The molecule has 2 aromatic heterocycles. The number of aromatic nitrogens is 3. The van der Waals surface area contributed by atoms with Gasteiger partial charge in [-0.2, -0.15) is 0 Å². The summed E-state index contributed by atoms with van der Waals surface area (Å²) in [4.78, 5) is 44.4. The predicted molar refractivity (Wildman–Crippen MR) is 135 cm³/mol. The van der Waals surface area contributed by atoms with Gasteiger partial charge in [-0.05, 0) is 43.4 Å². The summed E-state index contributed by atoms with van der Waals surface area (Å²) in [7, 11) is 3.03. The van der Waals surface area contributed by atoms with E-state index in [4.69, 9.17) is 18.6 Å². The molecule has 1 spiro atoms. The summed E-state index contributed by atoms with van der Waals surface area (Å²) in [6.45, 7) is 1.18. The van der Waals surface area contributed by atoms with Crippen molar-refractivity contribution < 1.29 is 28.2 Å². The van der Waals surface area contributed by atoms with E-state index in [0.29, 0.717) is 59.6 Å². The first-order valence-corrected chi connectivity index (χ1v) is 12.1. The molecule has 11 heteroatoms. The minimum absolute atomic E-state index is 0.0312. The van der Waals surface area contributed by atoms with Crippen molar-refractivity contribution in [2.45, 2.75) is 18.4 Å². The van der Waals surface area contributed by atoms with E-state index in [2.05, 4.69) is 20.5 Å². The van der Waals surface area contributed by atoms with Crippen LogP contribution in [0.5, 0.6) is 17.2 Å². The molecule has 0 amide bonds. The maximum absolute atomic E-state index is 14.2. The summed E-state index contributed by atoms with van der Waals surface area (Å²) in [5.41, 5.74) is 0.106. The van der Waals surface area contributed by atoms with E-state index < -0.39 is 28.8 Å². The van der Waals surface area contributed by atoms with Gasteiger partial charge in [0.05, 0.1) is 19.8 Å². The van der Waals surface area contributed by atoms with Crippen molar-refractivity contribution in [3.8, 4) is 28.7 Å². The first-order valence-electron chi connectivity index (χ1n) is 12.1. The van der Waals surface area contributed by atoms with E-state index >= 15 is 0 Å². The number of hydrogen-bond acceptors (Lipinski definition) is 10. The minimum atomic E-state index is -1.15. The first kappa shape index (κ1) is 23.9. The van der Waals surface area contributed by atoms with Gasteiger partial charge in [-0.15, -0.1) is 5.10 Å². The van der Waals surface area contributed by atoms with E-state index in [1.54, 1.807) is 24.3 Å². The topological polar surface area (TPSA) is 146 Å². The normalized spacial score (nSPS) is 18.2. The molecule has 0 radical (unpaired) electrons. The van der Waals surface area contributed by atoms with Gasteiger partial charge in [0, 0.05) is 29.9 Å². The molecule has 4 heterocycles. The fourth-order valence-electron chi connectivity index (χ4n) is 5.37. The molecule has 6 rings (SSSR count). The number of ketones is 2. The largest absolute Gasteiger partial charge is 0.496 e. The zero-order valence-electron chi connectivity index (χ0n) is 20.7. The molecule has 11 nitrogen and oxygen atoms in total. The minimum Gasteiger partial charge on any atom is -0.496 e. The number of Topliss-reactive ketones (excluding diaryl/α,β-unsaturated/α-hetero) is 2. The number of nitrogens with one attached hydrogen (secondary N) is 2. The SMILES string of the molecule is COc1cc(C(=O)[C@H]2C(=O)c3cc(-c4n[nH]c(=O)o4)ccc3OC23CCNCC3)nc2c(OC)cccc12. The van der Waals surface area contributed by atoms with E-state index in [-0.39, 0.29) is 17.1 Å². The third-order valence-corrected chi connectivity index (χ3v) is 7.20. The maximum atomic E-state index is 14.2. The van der Waals surface area contributed by atoms with E-state index in [0.717, 1.165) is 0 Å². The predicted octanol–water partition coefficient (Wildman–Crippen LogP) is 2.79. The number of ether oxygens (including phenoxy) is 3. The fraction of sp³-hybridized carbons (Fsp3) is 0.296. The Labute approximate surface area is 216 Å². The Morgan fingerprint density at radius 3 is 2.55 bits per heavy atom. The molecule has 0 unspecified atom stereocenters. The second-order valence-corrected chi connectivity index (χ2v) is 9.27. The van der Waals surface area contributed by atoms with Crippen molar-refractivity contribution in [3.63, 3.8) is 0 Å². The number of carbonyl (C=O) groups excluding carboxylic acids is 2. The van der Waals surface area contributed by atoms with E-state index in [9.17, 15) is 14.4 Å². The fourth-order valence-corrected chi connectivity index (χ4v) is 5.37. The van der Waals surface area contributed by atoms with Crippen LogP contribution >= 0.6 is 0 Å². The highest BCUT2D eigenvalue weighted by molar-refractivity contribution is 6.19. The molecule has 0 bridgehead atoms. The second-order valence-electron chi connectivity index (χ2n) is 9.27. The van der Waals surface area contributed by atoms with E-state index in [1.807, 2.05) is 12.1 Å². The Morgan fingerprint density at radius 2 is 1.84 bits per heavy atom. The number of carbonyl (C=O) groups is 2. The number of aromatic amines is 1. The third-order valence-electron chi connectivity index (χ3n) is 7.20. The van der Waals surface area contributed by atoms with Crippen LogP contribution in [0.25, 0.3) is 22.4 Å². The Kier molecular flexibility index (Phi) is 5.72. The number of rotatable bonds is 5. The van der Waals surface area contributed by atoms with Crippen molar-refractivity contribution in [1.29, 1.82) is 0 Å². The lowest BCUT2D eigenvalue weighted by Crippen LogP contribution is -2.58. The number of para-hydroxylation sites is 1. The van der Waals surface area contributed by atoms with Crippen LogP contribution in [0.1, 0.15) is 33.7 Å². The molecule has 2 aliphatic rings. The van der Waals surface area contributed by atoms with Crippen LogP contribution < -0.4 is 25.3 Å². The van der Waals surface area contributed by atoms with Crippen LogP contribution in [0.3, 0.4) is 0 Å². The van der Waals surface area contributed by atoms with Crippen LogP contribution in [0.2, 0.25) is 0 Å². The van der Waals surface area contributed by atoms with Crippen LogP contribution in [-0.4, -0.2) is 59.7 Å². The standard InChI is InChI=1S/C27H24N4O7/c1-35-19-5-3-4-15-20(36-2)13-17(29-22(15)19)24(33)21-23(32)16-12-14(25-30-31-26(34)37-25)6-7-18(16)38-27(21)8-10-28-11-9-27/h3-7,12-13,21,28H,8-11H2,1-2H3,(H,31,34)/t21-/m1/s1. The lowest BCUT2D eigenvalue weighted by Gasteiger charge is -2.45. The average molecular weight is 517 g/mol. The molecule has 2 aromatic carbocycles. The molecule has 1 saturated heterocycles. The van der Waals surface area contributed by atoms with Crippen molar-refractivity contribution >= 4 is 22.5 Å². The van der Waals surface area contributed by atoms with Gasteiger partial charge in [-0.3, -0.25) is 9.59 Å². The molecule has 4 aromatic rings. The molecule has 0 saturated carbocycles. The second kappa shape index (κ2) is 9.10. The van der Waals surface area contributed by atoms with E-state index in [1.165, 1.54) is 20.3 Å². The number of fused-ring (bicyclic) bond motifs is 2. The molecule has 194 valence electrons.